The third-order valence-electron chi connectivity index (χ3n) is 5.90. The highest BCUT2D eigenvalue weighted by atomic mass is 32.2. The van der Waals surface area contributed by atoms with Gasteiger partial charge in [-0.25, -0.2) is 8.42 Å². The minimum Gasteiger partial charge on any atom is -0.489 e. The van der Waals surface area contributed by atoms with E-state index in [1.807, 2.05) is 61.5 Å². The molecular formula is C28H33N3O5S. The number of amides is 2. The van der Waals surface area contributed by atoms with Crippen molar-refractivity contribution >= 4 is 27.5 Å². The van der Waals surface area contributed by atoms with Crippen LogP contribution in [0, 0.1) is 6.92 Å². The molecule has 0 saturated carbocycles. The highest BCUT2D eigenvalue weighted by molar-refractivity contribution is 7.92. The number of anilines is 1. The maximum atomic E-state index is 13.5. The van der Waals surface area contributed by atoms with E-state index < -0.39 is 28.5 Å². The molecule has 8 nitrogen and oxygen atoms in total. The third kappa shape index (κ3) is 7.82. The van der Waals surface area contributed by atoms with Gasteiger partial charge in [-0.2, -0.15) is 0 Å². The Labute approximate surface area is 218 Å². The van der Waals surface area contributed by atoms with Gasteiger partial charge in [0.1, 0.15) is 24.9 Å². The van der Waals surface area contributed by atoms with Gasteiger partial charge in [0.2, 0.25) is 21.8 Å². The first-order chi connectivity index (χ1) is 17.6. The van der Waals surface area contributed by atoms with E-state index in [2.05, 4.69) is 5.32 Å². The van der Waals surface area contributed by atoms with E-state index in [0.717, 1.165) is 27.3 Å². The molecule has 1 atom stereocenters. The molecule has 0 aliphatic carbocycles. The van der Waals surface area contributed by atoms with Crippen LogP contribution in [0.2, 0.25) is 0 Å². The molecule has 0 spiro atoms. The molecule has 3 aromatic rings. The zero-order valence-electron chi connectivity index (χ0n) is 21.5. The lowest BCUT2D eigenvalue weighted by Crippen LogP contribution is -2.50. The van der Waals surface area contributed by atoms with Crippen LogP contribution in [0.15, 0.2) is 78.9 Å². The highest BCUT2D eigenvalue weighted by Gasteiger charge is 2.29. The van der Waals surface area contributed by atoms with Crippen molar-refractivity contribution < 1.29 is 22.7 Å². The van der Waals surface area contributed by atoms with Crippen molar-refractivity contribution in [3.8, 4) is 5.75 Å². The van der Waals surface area contributed by atoms with Crippen LogP contribution in [0.1, 0.15) is 23.6 Å². The quantitative estimate of drug-likeness (QED) is 0.415. The summed E-state index contributed by atoms with van der Waals surface area (Å²) in [4.78, 5) is 27.3. The van der Waals surface area contributed by atoms with Crippen LogP contribution in [0.5, 0.6) is 5.75 Å². The summed E-state index contributed by atoms with van der Waals surface area (Å²) in [6.07, 6.45) is 1.05. The van der Waals surface area contributed by atoms with E-state index in [0.29, 0.717) is 18.0 Å². The number of aryl methyl sites for hydroxylation is 1. The van der Waals surface area contributed by atoms with Crippen molar-refractivity contribution in [3.63, 3.8) is 0 Å². The zero-order valence-corrected chi connectivity index (χ0v) is 22.4. The molecule has 0 fully saturated rings. The summed E-state index contributed by atoms with van der Waals surface area (Å²) in [6.45, 7) is 3.65. The molecule has 0 aliphatic heterocycles. The number of carbonyl (C=O) groups is 2. The van der Waals surface area contributed by atoms with E-state index in [-0.39, 0.29) is 12.5 Å². The molecule has 9 heteroatoms. The van der Waals surface area contributed by atoms with Gasteiger partial charge in [-0.05, 0) is 49.2 Å². The van der Waals surface area contributed by atoms with Crippen molar-refractivity contribution in [2.75, 3.05) is 24.2 Å². The number of benzene rings is 3. The Kier molecular flexibility index (Phi) is 9.30. The summed E-state index contributed by atoms with van der Waals surface area (Å²) in [5.41, 5.74) is 3.19. The van der Waals surface area contributed by atoms with Gasteiger partial charge in [0, 0.05) is 13.6 Å². The molecule has 2 amide bonds. The average molecular weight is 524 g/mol. The van der Waals surface area contributed by atoms with Crippen LogP contribution in [0.25, 0.3) is 0 Å². The lowest BCUT2D eigenvalue weighted by Gasteiger charge is -2.31. The van der Waals surface area contributed by atoms with E-state index in [4.69, 9.17) is 4.74 Å². The second-order valence-corrected chi connectivity index (χ2v) is 10.7. The van der Waals surface area contributed by atoms with Crippen LogP contribution in [0.4, 0.5) is 5.69 Å². The topological polar surface area (TPSA) is 96.0 Å². The van der Waals surface area contributed by atoms with E-state index >= 15 is 0 Å². The first-order valence-corrected chi connectivity index (χ1v) is 13.7. The van der Waals surface area contributed by atoms with Gasteiger partial charge in [-0.1, -0.05) is 60.2 Å². The lowest BCUT2D eigenvalue weighted by atomic mass is 10.1. The fraction of sp³-hybridized carbons (Fsp3) is 0.286. The molecule has 3 rings (SSSR count). The number of rotatable bonds is 11. The predicted molar refractivity (Wildman–Crippen MR) is 145 cm³/mol. The minimum absolute atomic E-state index is 0.166. The van der Waals surface area contributed by atoms with Crippen LogP contribution < -0.4 is 14.4 Å². The third-order valence-corrected chi connectivity index (χ3v) is 7.04. The lowest BCUT2D eigenvalue weighted by molar-refractivity contribution is -0.139. The van der Waals surface area contributed by atoms with Crippen molar-refractivity contribution in [3.05, 3.63) is 95.6 Å². The summed E-state index contributed by atoms with van der Waals surface area (Å²) in [6, 6.07) is 23.0. The van der Waals surface area contributed by atoms with Gasteiger partial charge in [-0.3, -0.25) is 13.9 Å². The monoisotopic (exact) mass is 523 g/mol. The Morgan fingerprint density at radius 1 is 0.946 bits per heavy atom. The van der Waals surface area contributed by atoms with Gasteiger partial charge in [0.15, 0.2) is 0 Å². The van der Waals surface area contributed by atoms with Gasteiger partial charge < -0.3 is 15.0 Å². The number of nitrogens with one attached hydrogen (secondary N) is 1. The average Bonchev–Trinajstić information content (AvgIpc) is 2.88. The zero-order chi connectivity index (χ0) is 27.0. The molecule has 3 aromatic carbocycles. The van der Waals surface area contributed by atoms with Gasteiger partial charge in [-0.15, -0.1) is 0 Å². The number of likely N-dealkylation sites (N-methyl/N-ethyl adjacent to an activating group) is 1. The summed E-state index contributed by atoms with van der Waals surface area (Å²) >= 11 is 0. The number of ether oxygens (including phenoxy) is 1. The number of nitrogens with zero attached hydrogens (tertiary/aromatic N) is 2. The number of carbonyl (C=O) groups excluding carboxylic acids is 2. The van der Waals surface area contributed by atoms with Crippen molar-refractivity contribution in [1.29, 1.82) is 0 Å². The van der Waals surface area contributed by atoms with Gasteiger partial charge >= 0.3 is 0 Å². The van der Waals surface area contributed by atoms with Crippen molar-refractivity contribution in [2.24, 2.45) is 0 Å². The summed E-state index contributed by atoms with van der Waals surface area (Å²) in [5, 5.41) is 2.56. The standard InChI is InChI=1S/C28H33N3O5S/c1-21-9-8-12-24(17-21)18-30(22(2)28(33)29-3)27(32)19-31(37(4,34)35)25-13-15-26(16-14-25)36-20-23-10-6-5-7-11-23/h5-17,22H,18-20H2,1-4H3,(H,29,33). The largest absolute Gasteiger partial charge is 0.489 e. The maximum absolute atomic E-state index is 13.5. The first kappa shape index (κ1) is 27.7. The predicted octanol–water partition coefficient (Wildman–Crippen LogP) is 3.50. The number of sulfonamides is 1. The molecule has 0 bridgehead atoms. The SMILES string of the molecule is CNC(=O)C(C)N(Cc1cccc(C)c1)C(=O)CN(c1ccc(OCc2ccccc2)cc1)S(C)(=O)=O. The molecule has 0 radical (unpaired) electrons. The van der Waals surface area contributed by atoms with E-state index in [9.17, 15) is 18.0 Å². The molecule has 0 aliphatic rings. The molecule has 0 aromatic heterocycles. The Bertz CT molecular complexity index is 1310. The highest BCUT2D eigenvalue weighted by Crippen LogP contribution is 2.23. The summed E-state index contributed by atoms with van der Waals surface area (Å²) in [5.74, 6) is -0.263. The van der Waals surface area contributed by atoms with Gasteiger partial charge in [0.05, 0.1) is 11.9 Å². The van der Waals surface area contributed by atoms with Crippen LogP contribution in [-0.2, 0) is 32.8 Å². The first-order valence-electron chi connectivity index (χ1n) is 11.9. The molecule has 196 valence electrons. The molecule has 1 N–H and O–H groups in total. The van der Waals surface area contributed by atoms with Crippen LogP contribution >= 0.6 is 0 Å². The second-order valence-electron chi connectivity index (χ2n) is 8.84. The van der Waals surface area contributed by atoms with Crippen LogP contribution in [-0.4, -0.2) is 51.0 Å². The molecule has 37 heavy (non-hydrogen) atoms. The molecule has 1 unspecified atom stereocenters. The second kappa shape index (κ2) is 12.4. The number of hydrogen-bond donors (Lipinski definition) is 1. The van der Waals surface area contributed by atoms with E-state index in [1.165, 1.54) is 11.9 Å². The van der Waals surface area contributed by atoms with Gasteiger partial charge in [0.25, 0.3) is 0 Å². The maximum Gasteiger partial charge on any atom is 0.244 e. The van der Waals surface area contributed by atoms with E-state index in [1.54, 1.807) is 31.2 Å². The Morgan fingerprint density at radius 3 is 2.19 bits per heavy atom. The summed E-state index contributed by atoms with van der Waals surface area (Å²) < 4.78 is 32.2. The minimum atomic E-state index is -3.80. The Balaban J connectivity index is 1.80. The van der Waals surface area contributed by atoms with Crippen molar-refractivity contribution in [1.82, 2.24) is 10.2 Å². The normalized spacial score (nSPS) is 11.9. The molecular weight excluding hydrogens is 490 g/mol. The number of hydrogen-bond acceptors (Lipinski definition) is 5. The van der Waals surface area contributed by atoms with Crippen molar-refractivity contribution in [2.45, 2.75) is 33.0 Å². The fourth-order valence-corrected chi connectivity index (χ4v) is 4.71. The van der Waals surface area contributed by atoms with Crippen LogP contribution in [0.3, 0.4) is 0 Å². The molecule has 0 heterocycles. The summed E-state index contributed by atoms with van der Waals surface area (Å²) in [7, 11) is -2.30. The molecule has 0 saturated heterocycles. The Morgan fingerprint density at radius 2 is 1.59 bits per heavy atom. The smallest absolute Gasteiger partial charge is 0.244 e. The Hall–Kier alpha value is -3.85. The fourth-order valence-electron chi connectivity index (χ4n) is 3.86.